The first-order chi connectivity index (χ1) is 7.81. The van der Waals surface area contributed by atoms with E-state index in [9.17, 15) is 0 Å². The van der Waals surface area contributed by atoms with Gasteiger partial charge in [-0.1, -0.05) is 12.1 Å². The average molecular weight is 301 g/mol. The molecule has 0 aliphatic carbocycles. The van der Waals surface area contributed by atoms with Crippen molar-refractivity contribution in [2.24, 2.45) is 0 Å². The molecule has 86 valence electrons. The van der Waals surface area contributed by atoms with Crippen LogP contribution in [0.1, 0.15) is 18.9 Å². The van der Waals surface area contributed by atoms with Crippen molar-refractivity contribution >= 4 is 27.3 Å². The van der Waals surface area contributed by atoms with Crippen LogP contribution in [-0.4, -0.2) is 11.7 Å². The quantitative estimate of drug-likeness (QED) is 0.856. The topological polar surface area (TPSA) is 38.1 Å². The van der Waals surface area contributed by atoms with Crippen LogP contribution in [0.2, 0.25) is 0 Å². The summed E-state index contributed by atoms with van der Waals surface area (Å²) in [4.78, 5) is 1.11. The molecular formula is C11H13BrN2OS. The van der Waals surface area contributed by atoms with Gasteiger partial charge in [-0.3, -0.25) is 0 Å². The molecule has 0 radical (unpaired) electrons. The van der Waals surface area contributed by atoms with Crippen molar-refractivity contribution in [3.8, 4) is 10.6 Å². The van der Waals surface area contributed by atoms with E-state index in [1.165, 1.54) is 0 Å². The number of rotatable bonds is 5. The van der Waals surface area contributed by atoms with Gasteiger partial charge in [0.1, 0.15) is 0 Å². The number of thiophene rings is 1. The standard InChI is InChI=1S/C11H13BrN2OS/c1-2-3-13-5-8-6-14-15-11(8)10-4-9(12)7-16-10/h4,6-7,13H,2-3,5H2,1H3. The Morgan fingerprint density at radius 2 is 2.44 bits per heavy atom. The summed E-state index contributed by atoms with van der Waals surface area (Å²) in [7, 11) is 0. The molecule has 0 atom stereocenters. The predicted octanol–water partition coefficient (Wildman–Crippen LogP) is 3.67. The maximum absolute atomic E-state index is 5.29. The summed E-state index contributed by atoms with van der Waals surface area (Å²) >= 11 is 5.09. The van der Waals surface area contributed by atoms with Gasteiger partial charge in [-0.15, -0.1) is 11.3 Å². The van der Waals surface area contributed by atoms with Gasteiger partial charge in [0.15, 0.2) is 5.76 Å². The molecule has 0 aliphatic rings. The molecule has 1 N–H and O–H groups in total. The first kappa shape index (κ1) is 11.8. The van der Waals surface area contributed by atoms with Crippen LogP contribution in [0, 0.1) is 0 Å². The van der Waals surface area contributed by atoms with Crippen molar-refractivity contribution in [3.63, 3.8) is 0 Å². The van der Waals surface area contributed by atoms with Crippen LogP contribution in [0.4, 0.5) is 0 Å². The maximum Gasteiger partial charge on any atom is 0.181 e. The van der Waals surface area contributed by atoms with Crippen molar-refractivity contribution in [2.75, 3.05) is 6.54 Å². The summed E-state index contributed by atoms with van der Waals surface area (Å²) in [6, 6.07) is 2.05. The van der Waals surface area contributed by atoms with E-state index in [1.807, 2.05) is 5.38 Å². The third-order valence-corrected chi connectivity index (χ3v) is 3.87. The molecular weight excluding hydrogens is 288 g/mol. The van der Waals surface area contributed by atoms with Gasteiger partial charge in [0.05, 0.1) is 11.1 Å². The summed E-state index contributed by atoms with van der Waals surface area (Å²) in [6.07, 6.45) is 2.91. The summed E-state index contributed by atoms with van der Waals surface area (Å²) in [6.45, 7) is 3.97. The molecule has 0 bridgehead atoms. The molecule has 0 saturated heterocycles. The number of halogens is 1. The van der Waals surface area contributed by atoms with E-state index in [0.717, 1.165) is 40.2 Å². The zero-order valence-electron chi connectivity index (χ0n) is 9.00. The molecule has 0 spiro atoms. The van der Waals surface area contributed by atoms with Crippen LogP contribution in [0.5, 0.6) is 0 Å². The van der Waals surface area contributed by atoms with Gasteiger partial charge in [-0.25, -0.2) is 0 Å². The Morgan fingerprint density at radius 1 is 1.56 bits per heavy atom. The van der Waals surface area contributed by atoms with Crippen LogP contribution in [0.15, 0.2) is 26.6 Å². The first-order valence-electron chi connectivity index (χ1n) is 5.20. The molecule has 2 rings (SSSR count). The lowest BCUT2D eigenvalue weighted by atomic mass is 10.2. The van der Waals surface area contributed by atoms with E-state index in [4.69, 9.17) is 4.52 Å². The fraction of sp³-hybridized carbons (Fsp3) is 0.364. The zero-order valence-corrected chi connectivity index (χ0v) is 11.4. The number of hydrogen-bond donors (Lipinski definition) is 1. The van der Waals surface area contributed by atoms with Crippen LogP contribution in [-0.2, 0) is 6.54 Å². The zero-order chi connectivity index (χ0) is 11.4. The highest BCUT2D eigenvalue weighted by atomic mass is 79.9. The molecule has 0 aliphatic heterocycles. The monoisotopic (exact) mass is 300 g/mol. The number of nitrogens with one attached hydrogen (secondary N) is 1. The van der Waals surface area contributed by atoms with Crippen molar-refractivity contribution in [2.45, 2.75) is 19.9 Å². The van der Waals surface area contributed by atoms with Crippen LogP contribution in [0.3, 0.4) is 0 Å². The van der Waals surface area contributed by atoms with Crippen molar-refractivity contribution in [1.29, 1.82) is 0 Å². The Hall–Kier alpha value is -0.650. The highest BCUT2D eigenvalue weighted by Crippen LogP contribution is 2.31. The summed E-state index contributed by atoms with van der Waals surface area (Å²) in [5.41, 5.74) is 1.11. The van der Waals surface area contributed by atoms with Crippen LogP contribution < -0.4 is 5.32 Å². The Balaban J connectivity index is 2.12. The van der Waals surface area contributed by atoms with E-state index >= 15 is 0 Å². The van der Waals surface area contributed by atoms with Crippen molar-refractivity contribution in [1.82, 2.24) is 10.5 Å². The SMILES string of the molecule is CCCNCc1cnoc1-c1cc(Br)cs1. The molecule has 2 aromatic heterocycles. The molecule has 0 saturated carbocycles. The molecule has 0 amide bonds. The second kappa shape index (κ2) is 5.61. The minimum Gasteiger partial charge on any atom is -0.355 e. The molecule has 3 nitrogen and oxygen atoms in total. The van der Waals surface area contributed by atoms with Crippen molar-refractivity contribution in [3.05, 3.63) is 27.7 Å². The van der Waals surface area contributed by atoms with Gasteiger partial charge >= 0.3 is 0 Å². The van der Waals surface area contributed by atoms with Crippen LogP contribution >= 0.6 is 27.3 Å². The normalized spacial score (nSPS) is 10.9. The molecule has 16 heavy (non-hydrogen) atoms. The Kier molecular flexibility index (Phi) is 4.15. The smallest absolute Gasteiger partial charge is 0.181 e. The Bertz CT molecular complexity index is 452. The van der Waals surface area contributed by atoms with E-state index < -0.39 is 0 Å². The first-order valence-corrected chi connectivity index (χ1v) is 6.87. The lowest BCUT2D eigenvalue weighted by molar-refractivity contribution is 0.432. The van der Waals surface area contributed by atoms with Gasteiger partial charge in [0.2, 0.25) is 0 Å². The van der Waals surface area contributed by atoms with Gasteiger partial charge in [0.25, 0.3) is 0 Å². The number of aromatic nitrogens is 1. The van der Waals surface area contributed by atoms with Crippen molar-refractivity contribution < 1.29 is 4.52 Å². The molecule has 2 aromatic rings. The van der Waals surface area contributed by atoms with E-state index in [0.29, 0.717) is 0 Å². The maximum atomic E-state index is 5.29. The second-order valence-electron chi connectivity index (χ2n) is 3.49. The van der Waals surface area contributed by atoms with E-state index in [2.05, 4.69) is 39.4 Å². The van der Waals surface area contributed by atoms with Gasteiger partial charge < -0.3 is 9.84 Å². The minimum atomic E-state index is 0.808. The summed E-state index contributed by atoms with van der Waals surface area (Å²) < 4.78 is 6.37. The van der Waals surface area contributed by atoms with Gasteiger partial charge in [-0.05, 0) is 35.0 Å². The van der Waals surface area contributed by atoms with Gasteiger partial charge in [-0.2, -0.15) is 0 Å². The average Bonchev–Trinajstić information content (AvgIpc) is 2.87. The Labute approximate surface area is 107 Å². The van der Waals surface area contributed by atoms with Crippen LogP contribution in [0.25, 0.3) is 10.6 Å². The molecule has 5 heteroatoms. The lowest BCUT2D eigenvalue weighted by Gasteiger charge is -2.00. The number of hydrogen-bond acceptors (Lipinski definition) is 4. The molecule has 0 unspecified atom stereocenters. The number of nitrogens with zero attached hydrogens (tertiary/aromatic N) is 1. The van der Waals surface area contributed by atoms with Gasteiger partial charge in [0, 0.05) is 22.0 Å². The summed E-state index contributed by atoms with van der Waals surface area (Å²) in [5, 5.41) is 9.25. The Morgan fingerprint density at radius 3 is 3.12 bits per heavy atom. The summed E-state index contributed by atoms with van der Waals surface area (Å²) in [5.74, 6) is 0.874. The minimum absolute atomic E-state index is 0.808. The fourth-order valence-corrected chi connectivity index (χ4v) is 2.86. The molecule has 0 fully saturated rings. The van der Waals surface area contributed by atoms with E-state index in [1.54, 1.807) is 17.5 Å². The fourth-order valence-electron chi connectivity index (χ4n) is 1.42. The molecule has 2 heterocycles. The second-order valence-corrected chi connectivity index (χ2v) is 5.31. The predicted molar refractivity (Wildman–Crippen MR) is 69.5 cm³/mol. The van der Waals surface area contributed by atoms with E-state index in [-0.39, 0.29) is 0 Å². The largest absolute Gasteiger partial charge is 0.355 e. The third kappa shape index (κ3) is 2.72. The lowest BCUT2D eigenvalue weighted by Crippen LogP contribution is -2.13. The highest BCUT2D eigenvalue weighted by molar-refractivity contribution is 9.10. The third-order valence-electron chi connectivity index (χ3n) is 2.18. The highest BCUT2D eigenvalue weighted by Gasteiger charge is 2.12. The molecule has 0 aromatic carbocycles.